The minimum absolute atomic E-state index is 0.00988. The molecule has 1 atom stereocenters. The van der Waals surface area contributed by atoms with Crippen LogP contribution in [0.25, 0.3) is 0 Å². The van der Waals surface area contributed by atoms with Crippen LogP contribution in [-0.2, 0) is 14.8 Å². The minimum atomic E-state index is -3.71. The van der Waals surface area contributed by atoms with E-state index >= 15 is 0 Å². The summed E-state index contributed by atoms with van der Waals surface area (Å²) in [6.07, 6.45) is 2.45. The van der Waals surface area contributed by atoms with E-state index in [0.29, 0.717) is 24.9 Å². The summed E-state index contributed by atoms with van der Waals surface area (Å²) in [6, 6.07) is 11.7. The van der Waals surface area contributed by atoms with E-state index in [4.69, 9.17) is 10.5 Å². The Labute approximate surface area is 198 Å². The first-order valence-corrected chi connectivity index (χ1v) is 13.2. The molecule has 2 N–H and O–H groups in total. The number of thioether (sulfide) groups is 1. The smallest absolute Gasteiger partial charge is 0.264 e. The molecule has 0 aliphatic carbocycles. The number of nitrogens with two attached hydrogens (primary N) is 1. The number of fused-ring (bicyclic) bond motifs is 1. The van der Waals surface area contributed by atoms with E-state index in [2.05, 4.69) is 6.92 Å². The maximum absolute atomic E-state index is 13.0. The zero-order valence-corrected chi connectivity index (χ0v) is 20.0. The van der Waals surface area contributed by atoms with Crippen molar-refractivity contribution < 1.29 is 22.7 Å². The standard InChI is InChI=1S/C23H27N3O5S2/c1-16-10-13-26(19-6-2-3-7-21(19)32-16)22(27)15-31-20-9-8-17(14-18(20)23(24)28)33(29,30)25-11-4-5-12-25/h2-3,6-9,14,16H,4-5,10-13,15H2,1H3,(H2,24,28)/t16-/m1/s1. The molecule has 0 spiro atoms. The number of carbonyl (C=O) groups excluding carboxylic acids is 2. The van der Waals surface area contributed by atoms with Gasteiger partial charge in [-0.05, 0) is 49.6 Å². The summed E-state index contributed by atoms with van der Waals surface area (Å²) in [5.74, 6) is -0.982. The maximum Gasteiger partial charge on any atom is 0.264 e. The predicted octanol–water partition coefficient (Wildman–Crippen LogP) is 2.87. The number of ether oxygens (including phenoxy) is 1. The summed E-state index contributed by atoms with van der Waals surface area (Å²) >= 11 is 1.73. The topological polar surface area (TPSA) is 110 Å². The molecule has 2 amide bonds. The molecule has 4 rings (SSSR count). The molecular formula is C23H27N3O5S2. The molecule has 10 heteroatoms. The van der Waals surface area contributed by atoms with Gasteiger partial charge in [0, 0.05) is 29.8 Å². The van der Waals surface area contributed by atoms with Crippen molar-refractivity contribution in [2.45, 2.75) is 41.2 Å². The van der Waals surface area contributed by atoms with E-state index in [0.717, 1.165) is 29.8 Å². The van der Waals surface area contributed by atoms with Gasteiger partial charge in [-0.3, -0.25) is 9.59 Å². The molecule has 2 aliphatic rings. The number of hydrogen-bond acceptors (Lipinski definition) is 6. The van der Waals surface area contributed by atoms with E-state index in [1.165, 1.54) is 22.5 Å². The number of carbonyl (C=O) groups is 2. The van der Waals surface area contributed by atoms with Gasteiger partial charge >= 0.3 is 0 Å². The fourth-order valence-corrected chi connectivity index (χ4v) is 6.69. The Morgan fingerprint density at radius 2 is 1.85 bits per heavy atom. The van der Waals surface area contributed by atoms with Gasteiger partial charge in [-0.1, -0.05) is 19.1 Å². The lowest BCUT2D eigenvalue weighted by Crippen LogP contribution is -2.36. The monoisotopic (exact) mass is 489 g/mol. The third kappa shape index (κ3) is 5.02. The van der Waals surface area contributed by atoms with Crippen molar-refractivity contribution in [2.75, 3.05) is 31.1 Å². The van der Waals surface area contributed by atoms with Gasteiger partial charge in [-0.15, -0.1) is 11.8 Å². The average Bonchev–Trinajstić information content (AvgIpc) is 3.29. The van der Waals surface area contributed by atoms with E-state index in [1.54, 1.807) is 16.7 Å². The number of benzene rings is 2. The first kappa shape index (κ1) is 23.6. The molecule has 176 valence electrons. The third-order valence-corrected chi connectivity index (χ3v) is 8.95. The quantitative estimate of drug-likeness (QED) is 0.668. The SMILES string of the molecule is C[C@@H]1CCN(C(=O)COc2ccc(S(=O)(=O)N3CCCC3)cc2C(N)=O)c2ccccc2S1. The molecule has 2 heterocycles. The summed E-state index contributed by atoms with van der Waals surface area (Å²) in [5, 5.41) is 0.372. The number of amides is 2. The fourth-order valence-electron chi connectivity index (χ4n) is 4.03. The number of rotatable bonds is 6. The van der Waals surface area contributed by atoms with Gasteiger partial charge in [0.05, 0.1) is 16.1 Å². The molecule has 1 saturated heterocycles. The van der Waals surface area contributed by atoms with Gasteiger partial charge in [0.2, 0.25) is 10.0 Å². The van der Waals surface area contributed by atoms with Gasteiger partial charge in [-0.2, -0.15) is 4.31 Å². The Bertz CT molecular complexity index is 1160. The number of para-hydroxylation sites is 1. The predicted molar refractivity (Wildman–Crippen MR) is 127 cm³/mol. The van der Waals surface area contributed by atoms with Crippen LogP contribution in [0.1, 0.15) is 36.5 Å². The molecule has 2 aliphatic heterocycles. The molecule has 0 unspecified atom stereocenters. The van der Waals surface area contributed by atoms with Crippen LogP contribution in [0.4, 0.5) is 5.69 Å². The van der Waals surface area contributed by atoms with Crippen LogP contribution < -0.4 is 15.4 Å². The first-order chi connectivity index (χ1) is 15.8. The van der Waals surface area contributed by atoms with Crippen LogP contribution in [0.5, 0.6) is 5.75 Å². The highest BCUT2D eigenvalue weighted by molar-refractivity contribution is 8.00. The number of sulfonamides is 1. The van der Waals surface area contributed by atoms with E-state index in [9.17, 15) is 18.0 Å². The van der Waals surface area contributed by atoms with Crippen molar-refractivity contribution in [2.24, 2.45) is 5.73 Å². The van der Waals surface area contributed by atoms with Crippen LogP contribution in [0.3, 0.4) is 0 Å². The molecule has 0 saturated carbocycles. The Hall–Kier alpha value is -2.56. The van der Waals surface area contributed by atoms with Crippen LogP contribution >= 0.6 is 11.8 Å². The van der Waals surface area contributed by atoms with Gasteiger partial charge in [0.15, 0.2) is 6.61 Å². The van der Waals surface area contributed by atoms with Crippen LogP contribution in [0.2, 0.25) is 0 Å². The third-order valence-electron chi connectivity index (χ3n) is 5.81. The molecular weight excluding hydrogens is 462 g/mol. The minimum Gasteiger partial charge on any atom is -0.483 e. The van der Waals surface area contributed by atoms with Crippen molar-refractivity contribution >= 4 is 39.3 Å². The highest BCUT2D eigenvalue weighted by Crippen LogP contribution is 2.37. The second-order valence-corrected chi connectivity index (χ2v) is 11.6. The molecule has 8 nitrogen and oxygen atoms in total. The Morgan fingerprint density at radius 1 is 1.12 bits per heavy atom. The molecule has 0 radical (unpaired) electrons. The largest absolute Gasteiger partial charge is 0.483 e. The maximum atomic E-state index is 13.0. The first-order valence-electron chi connectivity index (χ1n) is 10.9. The molecule has 2 aromatic carbocycles. The summed E-state index contributed by atoms with van der Waals surface area (Å²) in [4.78, 5) is 27.8. The Balaban J connectivity index is 1.53. The van der Waals surface area contributed by atoms with Gasteiger partial charge in [0.25, 0.3) is 11.8 Å². The normalized spacial score (nSPS) is 19.1. The van der Waals surface area contributed by atoms with E-state index in [-0.39, 0.29) is 28.7 Å². The molecule has 2 aromatic rings. The highest BCUT2D eigenvalue weighted by atomic mass is 32.2. The average molecular weight is 490 g/mol. The van der Waals surface area contributed by atoms with Crippen molar-refractivity contribution in [1.29, 1.82) is 0 Å². The number of primary amides is 1. The van der Waals surface area contributed by atoms with Crippen LogP contribution in [-0.4, -0.2) is 56.0 Å². The second kappa shape index (κ2) is 9.74. The number of nitrogens with zero attached hydrogens (tertiary/aromatic N) is 2. The summed E-state index contributed by atoms with van der Waals surface area (Å²) in [7, 11) is -3.71. The summed E-state index contributed by atoms with van der Waals surface area (Å²) in [5.41, 5.74) is 6.27. The summed E-state index contributed by atoms with van der Waals surface area (Å²) < 4.78 is 32.8. The van der Waals surface area contributed by atoms with Crippen molar-refractivity contribution in [3.05, 3.63) is 48.0 Å². The lowest BCUT2D eigenvalue weighted by Gasteiger charge is -2.23. The summed E-state index contributed by atoms with van der Waals surface area (Å²) in [6.45, 7) is 3.29. The molecule has 33 heavy (non-hydrogen) atoms. The van der Waals surface area contributed by atoms with Gasteiger partial charge in [0.1, 0.15) is 5.75 Å². The number of anilines is 1. The van der Waals surface area contributed by atoms with Crippen LogP contribution in [0, 0.1) is 0 Å². The Kier molecular flexibility index (Phi) is 6.96. The zero-order valence-electron chi connectivity index (χ0n) is 18.4. The van der Waals surface area contributed by atoms with Gasteiger partial charge < -0.3 is 15.4 Å². The lowest BCUT2D eigenvalue weighted by molar-refractivity contribution is -0.120. The van der Waals surface area contributed by atoms with Crippen LogP contribution in [0.15, 0.2) is 52.3 Å². The zero-order chi connectivity index (χ0) is 23.6. The molecule has 0 bridgehead atoms. The fraction of sp³-hybridized carbons (Fsp3) is 0.391. The Morgan fingerprint density at radius 3 is 2.58 bits per heavy atom. The lowest BCUT2D eigenvalue weighted by atomic mass is 10.2. The highest BCUT2D eigenvalue weighted by Gasteiger charge is 2.29. The second-order valence-electron chi connectivity index (χ2n) is 8.15. The van der Waals surface area contributed by atoms with Crippen molar-refractivity contribution in [1.82, 2.24) is 4.31 Å². The van der Waals surface area contributed by atoms with Crippen molar-refractivity contribution in [3.8, 4) is 5.75 Å². The van der Waals surface area contributed by atoms with Crippen molar-refractivity contribution in [3.63, 3.8) is 0 Å². The molecule has 1 fully saturated rings. The molecule has 0 aromatic heterocycles. The van der Waals surface area contributed by atoms with E-state index < -0.39 is 15.9 Å². The number of hydrogen-bond donors (Lipinski definition) is 1. The van der Waals surface area contributed by atoms with Gasteiger partial charge in [-0.25, -0.2) is 8.42 Å². The van der Waals surface area contributed by atoms with E-state index in [1.807, 2.05) is 24.3 Å².